The van der Waals surface area contributed by atoms with Gasteiger partial charge in [0.25, 0.3) is 0 Å². The quantitative estimate of drug-likeness (QED) is 0.658. The molecule has 6 heteroatoms. The molecule has 1 rings (SSSR count). The van der Waals surface area contributed by atoms with Crippen LogP contribution in [0.3, 0.4) is 0 Å². The second-order valence-electron chi connectivity index (χ2n) is 4.73. The van der Waals surface area contributed by atoms with E-state index in [1.165, 1.54) is 0 Å². The van der Waals surface area contributed by atoms with E-state index in [-0.39, 0.29) is 11.8 Å². The lowest BCUT2D eigenvalue weighted by Crippen LogP contribution is -2.54. The van der Waals surface area contributed by atoms with E-state index in [0.717, 1.165) is 0 Å². The maximum Gasteiger partial charge on any atom is 0.239 e. The second-order valence-corrected chi connectivity index (χ2v) is 4.73. The molecule has 98 valence electrons. The van der Waals surface area contributed by atoms with Crippen molar-refractivity contribution in [1.82, 2.24) is 14.7 Å². The molecule has 17 heavy (non-hydrogen) atoms. The van der Waals surface area contributed by atoms with Gasteiger partial charge in [0.05, 0.1) is 12.6 Å². The fourth-order valence-electron chi connectivity index (χ4n) is 1.83. The van der Waals surface area contributed by atoms with Crippen molar-refractivity contribution in [3.63, 3.8) is 0 Å². The van der Waals surface area contributed by atoms with E-state index in [2.05, 4.69) is 0 Å². The number of likely N-dealkylation sites (N-methyl/N-ethyl adjacent to an activating group) is 1. The summed E-state index contributed by atoms with van der Waals surface area (Å²) in [6.45, 7) is 4.47. The second kappa shape index (κ2) is 5.97. The summed E-state index contributed by atoms with van der Waals surface area (Å²) in [4.78, 5) is 28.8. The lowest BCUT2D eigenvalue weighted by atomic mass is 10.2. The van der Waals surface area contributed by atoms with E-state index in [1.807, 2.05) is 19.0 Å². The fourth-order valence-corrected chi connectivity index (χ4v) is 1.83. The highest BCUT2D eigenvalue weighted by Gasteiger charge is 2.25. The summed E-state index contributed by atoms with van der Waals surface area (Å²) in [5.41, 5.74) is 5.55. The zero-order valence-corrected chi connectivity index (χ0v) is 10.8. The Morgan fingerprint density at radius 1 is 1.18 bits per heavy atom. The van der Waals surface area contributed by atoms with Crippen molar-refractivity contribution in [3.05, 3.63) is 0 Å². The minimum absolute atomic E-state index is 0.0373. The molecule has 0 aliphatic carbocycles. The summed E-state index contributed by atoms with van der Waals surface area (Å²) in [5.74, 6) is 0.0765. The third-order valence-electron chi connectivity index (χ3n) is 2.79. The van der Waals surface area contributed by atoms with Gasteiger partial charge in [-0.3, -0.25) is 9.59 Å². The first-order valence-electron chi connectivity index (χ1n) is 5.88. The van der Waals surface area contributed by atoms with Crippen LogP contribution in [0.4, 0.5) is 0 Å². The molecule has 0 saturated carbocycles. The molecular weight excluding hydrogens is 220 g/mol. The highest BCUT2D eigenvalue weighted by atomic mass is 16.2. The van der Waals surface area contributed by atoms with Crippen molar-refractivity contribution in [3.8, 4) is 0 Å². The summed E-state index contributed by atoms with van der Waals surface area (Å²) in [6, 6.07) is -0.459. The Bertz CT molecular complexity index is 283. The largest absolute Gasteiger partial charge is 0.338 e. The lowest BCUT2D eigenvalue weighted by Gasteiger charge is -2.36. The van der Waals surface area contributed by atoms with Crippen molar-refractivity contribution in [2.45, 2.75) is 13.0 Å². The van der Waals surface area contributed by atoms with Gasteiger partial charge in [0.1, 0.15) is 0 Å². The normalized spacial score (nSPS) is 18.4. The molecule has 1 heterocycles. The molecule has 1 fully saturated rings. The molecule has 0 aromatic carbocycles. The molecule has 0 spiro atoms. The molecule has 0 aromatic heterocycles. The van der Waals surface area contributed by atoms with Gasteiger partial charge < -0.3 is 20.4 Å². The molecule has 0 aromatic rings. The molecule has 0 bridgehead atoms. The van der Waals surface area contributed by atoms with Crippen molar-refractivity contribution < 1.29 is 9.59 Å². The summed E-state index contributed by atoms with van der Waals surface area (Å²) < 4.78 is 0. The van der Waals surface area contributed by atoms with Crippen LogP contribution in [0.25, 0.3) is 0 Å². The molecule has 1 aliphatic rings. The smallest absolute Gasteiger partial charge is 0.239 e. The molecule has 0 radical (unpaired) electrons. The standard InChI is InChI=1S/C11H22N4O2/c1-9(12)11(17)15-6-4-14(5-7-15)10(16)8-13(2)3/h9H,4-8,12H2,1-3H3/t9-/m0/s1. The third-order valence-corrected chi connectivity index (χ3v) is 2.79. The maximum absolute atomic E-state index is 11.8. The Kier molecular flexibility index (Phi) is 4.89. The van der Waals surface area contributed by atoms with Crippen LogP contribution in [0.2, 0.25) is 0 Å². The molecular formula is C11H22N4O2. The zero-order valence-electron chi connectivity index (χ0n) is 10.8. The third kappa shape index (κ3) is 3.98. The van der Waals surface area contributed by atoms with Gasteiger partial charge in [-0.1, -0.05) is 0 Å². The fraction of sp³-hybridized carbons (Fsp3) is 0.818. The topological polar surface area (TPSA) is 69.9 Å². The average molecular weight is 242 g/mol. The van der Waals surface area contributed by atoms with Crippen molar-refractivity contribution in [1.29, 1.82) is 0 Å². The van der Waals surface area contributed by atoms with Crippen molar-refractivity contribution >= 4 is 11.8 Å². The Hall–Kier alpha value is -1.14. The first kappa shape index (κ1) is 13.9. The predicted molar refractivity (Wildman–Crippen MR) is 65.4 cm³/mol. The van der Waals surface area contributed by atoms with Crippen LogP contribution in [0.15, 0.2) is 0 Å². The highest BCUT2D eigenvalue weighted by molar-refractivity contribution is 5.82. The van der Waals surface area contributed by atoms with E-state index in [1.54, 1.807) is 16.7 Å². The number of piperazine rings is 1. The van der Waals surface area contributed by atoms with Crippen LogP contribution >= 0.6 is 0 Å². The van der Waals surface area contributed by atoms with Crippen molar-refractivity contribution in [2.75, 3.05) is 46.8 Å². The Labute approximate surface area is 102 Å². The molecule has 1 saturated heterocycles. The highest BCUT2D eigenvalue weighted by Crippen LogP contribution is 2.04. The summed E-state index contributed by atoms with van der Waals surface area (Å²) >= 11 is 0. The average Bonchev–Trinajstić information content (AvgIpc) is 2.27. The minimum Gasteiger partial charge on any atom is -0.338 e. The first-order chi connectivity index (χ1) is 7.91. The SMILES string of the molecule is C[C@H](N)C(=O)N1CCN(C(=O)CN(C)C)CC1. The van der Waals surface area contributed by atoms with Gasteiger partial charge in [0, 0.05) is 26.2 Å². The monoisotopic (exact) mass is 242 g/mol. The summed E-state index contributed by atoms with van der Waals surface area (Å²) in [6.07, 6.45) is 0. The molecule has 0 unspecified atom stereocenters. The van der Waals surface area contributed by atoms with Gasteiger partial charge in [-0.25, -0.2) is 0 Å². The molecule has 2 N–H and O–H groups in total. The number of amides is 2. The van der Waals surface area contributed by atoms with Gasteiger partial charge in [-0.05, 0) is 21.0 Å². The van der Waals surface area contributed by atoms with Crippen LogP contribution in [0.1, 0.15) is 6.92 Å². The van der Waals surface area contributed by atoms with E-state index in [4.69, 9.17) is 5.73 Å². The van der Waals surface area contributed by atoms with Crippen molar-refractivity contribution in [2.24, 2.45) is 5.73 Å². The molecule has 6 nitrogen and oxygen atoms in total. The zero-order chi connectivity index (χ0) is 13.0. The lowest BCUT2D eigenvalue weighted by molar-refractivity contribution is -0.140. The number of carbonyl (C=O) groups is 2. The Morgan fingerprint density at radius 3 is 2.06 bits per heavy atom. The van der Waals surface area contributed by atoms with Gasteiger partial charge in [0.15, 0.2) is 0 Å². The number of carbonyl (C=O) groups excluding carboxylic acids is 2. The molecule has 1 atom stereocenters. The first-order valence-corrected chi connectivity index (χ1v) is 5.88. The Morgan fingerprint density at radius 2 is 1.65 bits per heavy atom. The minimum atomic E-state index is -0.459. The maximum atomic E-state index is 11.8. The van der Waals surface area contributed by atoms with Gasteiger partial charge in [-0.15, -0.1) is 0 Å². The number of nitrogens with two attached hydrogens (primary N) is 1. The van der Waals surface area contributed by atoms with Crippen LogP contribution in [-0.4, -0.2) is 79.4 Å². The number of rotatable bonds is 3. The van der Waals surface area contributed by atoms with Crippen LogP contribution < -0.4 is 5.73 Å². The van der Waals surface area contributed by atoms with E-state index >= 15 is 0 Å². The number of nitrogens with zero attached hydrogens (tertiary/aromatic N) is 3. The number of hydrogen-bond donors (Lipinski definition) is 1. The predicted octanol–water partition coefficient (Wildman–Crippen LogP) is -1.43. The molecule has 1 aliphatic heterocycles. The van der Waals surface area contributed by atoms with Gasteiger partial charge in [-0.2, -0.15) is 0 Å². The summed E-state index contributed by atoms with van der Waals surface area (Å²) in [5, 5.41) is 0. The van der Waals surface area contributed by atoms with Crippen LogP contribution in [0, 0.1) is 0 Å². The Balaban J connectivity index is 2.40. The van der Waals surface area contributed by atoms with Gasteiger partial charge in [0.2, 0.25) is 11.8 Å². The van der Waals surface area contributed by atoms with E-state index in [0.29, 0.717) is 32.7 Å². The van der Waals surface area contributed by atoms with E-state index in [9.17, 15) is 9.59 Å². The number of hydrogen-bond acceptors (Lipinski definition) is 4. The molecule has 2 amide bonds. The summed E-state index contributed by atoms with van der Waals surface area (Å²) in [7, 11) is 3.74. The van der Waals surface area contributed by atoms with Gasteiger partial charge >= 0.3 is 0 Å². The van der Waals surface area contributed by atoms with Crippen LogP contribution in [-0.2, 0) is 9.59 Å². The van der Waals surface area contributed by atoms with Crippen LogP contribution in [0.5, 0.6) is 0 Å². The van der Waals surface area contributed by atoms with E-state index < -0.39 is 6.04 Å².